The molecule has 1 aliphatic carbocycles. The molecule has 0 saturated heterocycles. The van der Waals surface area contributed by atoms with Crippen molar-refractivity contribution < 1.29 is 0 Å². The molecule has 3 rings (SSSR count). The topological polar surface area (TPSA) is 55.6 Å². The fourth-order valence-corrected chi connectivity index (χ4v) is 2.69. The van der Waals surface area contributed by atoms with Gasteiger partial charge in [0.05, 0.1) is 5.69 Å². The highest BCUT2D eigenvalue weighted by Gasteiger charge is 2.21. The van der Waals surface area contributed by atoms with Crippen molar-refractivity contribution in [2.45, 2.75) is 36.2 Å². The van der Waals surface area contributed by atoms with Gasteiger partial charge in [-0.3, -0.25) is 0 Å². The van der Waals surface area contributed by atoms with Crippen LogP contribution in [0.25, 0.3) is 5.69 Å². The summed E-state index contributed by atoms with van der Waals surface area (Å²) in [7, 11) is 0. The molecule has 5 nitrogen and oxygen atoms in total. The molecule has 0 spiro atoms. The van der Waals surface area contributed by atoms with Crippen LogP contribution in [0.2, 0.25) is 0 Å². The number of nitrogens with one attached hydrogen (secondary N) is 1. The van der Waals surface area contributed by atoms with E-state index in [1.807, 2.05) is 30.3 Å². The molecule has 1 heterocycles. The third-order valence-electron chi connectivity index (χ3n) is 3.02. The third kappa shape index (κ3) is 3.33. The Hall–Kier alpha value is -1.40. The lowest BCUT2D eigenvalue weighted by molar-refractivity contribution is 0.676. The minimum atomic E-state index is 0.453. The molecular weight excluding hydrogens is 258 g/mol. The van der Waals surface area contributed by atoms with Crippen LogP contribution in [0.1, 0.15) is 19.8 Å². The largest absolute Gasteiger partial charge is 0.313 e. The van der Waals surface area contributed by atoms with Crippen molar-refractivity contribution in [1.82, 2.24) is 25.5 Å². The van der Waals surface area contributed by atoms with Gasteiger partial charge in [-0.1, -0.05) is 36.9 Å². The van der Waals surface area contributed by atoms with Gasteiger partial charge in [-0.15, -0.1) is 5.10 Å². The fraction of sp³-hybridized carbons (Fsp3) is 0.462. The van der Waals surface area contributed by atoms with Gasteiger partial charge < -0.3 is 5.32 Å². The smallest absolute Gasteiger partial charge is 0.214 e. The first-order chi connectivity index (χ1) is 9.33. The minimum Gasteiger partial charge on any atom is -0.313 e. The summed E-state index contributed by atoms with van der Waals surface area (Å²) in [6, 6.07) is 10.7. The first-order valence-corrected chi connectivity index (χ1v) is 7.45. The minimum absolute atomic E-state index is 0.453. The van der Waals surface area contributed by atoms with E-state index in [-0.39, 0.29) is 0 Å². The molecule has 1 aliphatic rings. The van der Waals surface area contributed by atoms with Gasteiger partial charge in [-0.25, -0.2) is 0 Å². The number of hydrogen-bond acceptors (Lipinski definition) is 5. The second kappa shape index (κ2) is 5.71. The Morgan fingerprint density at radius 3 is 2.89 bits per heavy atom. The standard InChI is InChI=1S/C13H17N5S/c1-10(9-14-11-7-8-11)19-13-15-16-17-18(13)12-5-3-2-4-6-12/h2-6,10-11,14H,7-9H2,1H3. The first kappa shape index (κ1) is 12.6. The summed E-state index contributed by atoms with van der Waals surface area (Å²) in [5.41, 5.74) is 0.998. The van der Waals surface area contributed by atoms with Crippen LogP contribution in [0.5, 0.6) is 0 Å². The highest BCUT2D eigenvalue weighted by molar-refractivity contribution is 7.99. The molecule has 1 aromatic carbocycles. The Bertz CT molecular complexity index is 523. The van der Waals surface area contributed by atoms with Gasteiger partial charge in [0.15, 0.2) is 0 Å². The molecule has 1 aromatic heterocycles. The van der Waals surface area contributed by atoms with Crippen molar-refractivity contribution in [2.75, 3.05) is 6.54 Å². The van der Waals surface area contributed by atoms with E-state index in [1.54, 1.807) is 16.4 Å². The summed E-state index contributed by atoms with van der Waals surface area (Å²) < 4.78 is 1.79. The fourth-order valence-electron chi connectivity index (χ4n) is 1.83. The Kier molecular flexibility index (Phi) is 3.79. The lowest BCUT2D eigenvalue weighted by Gasteiger charge is -2.11. The van der Waals surface area contributed by atoms with E-state index in [0.29, 0.717) is 5.25 Å². The van der Waals surface area contributed by atoms with E-state index in [2.05, 4.69) is 27.8 Å². The Balaban J connectivity index is 1.66. The highest BCUT2D eigenvalue weighted by Crippen LogP contribution is 2.24. The second-order valence-corrected chi connectivity index (χ2v) is 6.23. The van der Waals surface area contributed by atoms with Crippen molar-refractivity contribution in [3.63, 3.8) is 0 Å². The van der Waals surface area contributed by atoms with Crippen LogP contribution >= 0.6 is 11.8 Å². The van der Waals surface area contributed by atoms with Crippen LogP contribution in [0.3, 0.4) is 0 Å². The van der Waals surface area contributed by atoms with Crippen molar-refractivity contribution in [2.24, 2.45) is 0 Å². The molecule has 1 unspecified atom stereocenters. The highest BCUT2D eigenvalue weighted by atomic mass is 32.2. The van der Waals surface area contributed by atoms with Crippen molar-refractivity contribution in [1.29, 1.82) is 0 Å². The predicted molar refractivity (Wildman–Crippen MR) is 75.5 cm³/mol. The summed E-state index contributed by atoms with van der Waals surface area (Å²) in [5, 5.41) is 16.8. The van der Waals surface area contributed by atoms with Crippen molar-refractivity contribution in [3.8, 4) is 5.69 Å². The van der Waals surface area contributed by atoms with Gasteiger partial charge >= 0.3 is 0 Å². The van der Waals surface area contributed by atoms with Crippen LogP contribution in [0.15, 0.2) is 35.5 Å². The molecule has 1 fully saturated rings. The zero-order valence-electron chi connectivity index (χ0n) is 10.9. The molecule has 0 amide bonds. The van der Waals surface area contributed by atoms with E-state index in [4.69, 9.17) is 0 Å². The van der Waals surface area contributed by atoms with Crippen LogP contribution in [-0.2, 0) is 0 Å². The Labute approximate surface area is 116 Å². The number of tetrazole rings is 1. The van der Waals surface area contributed by atoms with Gasteiger partial charge in [0.2, 0.25) is 5.16 Å². The molecule has 0 bridgehead atoms. The molecular formula is C13H17N5S. The monoisotopic (exact) mass is 275 g/mol. The van der Waals surface area contributed by atoms with Gasteiger partial charge in [0.25, 0.3) is 0 Å². The maximum Gasteiger partial charge on any atom is 0.214 e. The summed E-state index contributed by atoms with van der Waals surface area (Å²) in [6.45, 7) is 3.20. The van der Waals surface area contributed by atoms with E-state index < -0.39 is 0 Å². The first-order valence-electron chi connectivity index (χ1n) is 6.57. The molecule has 100 valence electrons. The zero-order valence-corrected chi connectivity index (χ0v) is 11.7. The van der Waals surface area contributed by atoms with Gasteiger partial charge in [-0.2, -0.15) is 4.68 Å². The Morgan fingerprint density at radius 2 is 2.16 bits per heavy atom. The Morgan fingerprint density at radius 1 is 1.37 bits per heavy atom. The van der Waals surface area contributed by atoms with Crippen LogP contribution in [-0.4, -0.2) is 38.0 Å². The van der Waals surface area contributed by atoms with E-state index in [9.17, 15) is 0 Å². The molecule has 1 atom stereocenters. The summed E-state index contributed by atoms with van der Waals surface area (Å²) in [5.74, 6) is 0. The van der Waals surface area contributed by atoms with E-state index in [0.717, 1.165) is 23.4 Å². The van der Waals surface area contributed by atoms with Gasteiger partial charge in [0.1, 0.15) is 0 Å². The second-order valence-electron chi connectivity index (χ2n) is 4.82. The van der Waals surface area contributed by atoms with Crippen molar-refractivity contribution in [3.05, 3.63) is 30.3 Å². The number of benzene rings is 1. The maximum absolute atomic E-state index is 4.11. The lowest BCUT2D eigenvalue weighted by atomic mass is 10.3. The average molecular weight is 275 g/mol. The SMILES string of the molecule is CC(CNC1CC1)Sc1nnnn1-c1ccccc1. The number of nitrogens with zero attached hydrogens (tertiary/aromatic N) is 4. The predicted octanol–water partition coefficient (Wildman–Crippen LogP) is 1.89. The van der Waals surface area contributed by atoms with Crippen LogP contribution in [0.4, 0.5) is 0 Å². The number of thioether (sulfide) groups is 1. The van der Waals surface area contributed by atoms with Crippen LogP contribution in [0, 0.1) is 0 Å². The van der Waals surface area contributed by atoms with Crippen molar-refractivity contribution >= 4 is 11.8 Å². The molecule has 2 aromatic rings. The number of rotatable bonds is 6. The van der Waals surface area contributed by atoms with Crippen LogP contribution < -0.4 is 5.32 Å². The van der Waals surface area contributed by atoms with Gasteiger partial charge in [0, 0.05) is 17.8 Å². The number of aromatic nitrogens is 4. The lowest BCUT2D eigenvalue weighted by Crippen LogP contribution is -2.24. The van der Waals surface area contributed by atoms with E-state index >= 15 is 0 Å². The molecule has 19 heavy (non-hydrogen) atoms. The maximum atomic E-state index is 4.11. The molecule has 0 aliphatic heterocycles. The summed E-state index contributed by atoms with van der Waals surface area (Å²) in [4.78, 5) is 0. The summed E-state index contributed by atoms with van der Waals surface area (Å²) in [6.07, 6.45) is 2.64. The normalized spacial score (nSPS) is 16.5. The summed E-state index contributed by atoms with van der Waals surface area (Å²) >= 11 is 1.71. The number of para-hydroxylation sites is 1. The molecule has 1 saturated carbocycles. The third-order valence-corrected chi connectivity index (χ3v) is 4.05. The van der Waals surface area contributed by atoms with E-state index in [1.165, 1.54) is 12.8 Å². The zero-order chi connectivity index (χ0) is 13.1. The quantitative estimate of drug-likeness (QED) is 0.816. The number of hydrogen-bond donors (Lipinski definition) is 1. The van der Waals surface area contributed by atoms with Gasteiger partial charge in [-0.05, 0) is 35.4 Å². The average Bonchev–Trinajstić information content (AvgIpc) is 3.16. The molecule has 6 heteroatoms. The molecule has 1 N–H and O–H groups in total. The molecule has 0 radical (unpaired) electrons.